The van der Waals surface area contributed by atoms with Crippen molar-refractivity contribution in [2.45, 2.75) is 13.3 Å². The van der Waals surface area contributed by atoms with Gasteiger partial charge < -0.3 is 10.2 Å². The predicted octanol–water partition coefficient (Wildman–Crippen LogP) is 2.46. The summed E-state index contributed by atoms with van der Waals surface area (Å²) in [6, 6.07) is 3.67. The van der Waals surface area contributed by atoms with Crippen LogP contribution in [0.4, 0.5) is 5.69 Å². The lowest BCUT2D eigenvalue weighted by atomic mass is 10.3. The molecule has 0 radical (unpaired) electrons. The molecule has 5 heteroatoms. The van der Waals surface area contributed by atoms with E-state index >= 15 is 0 Å². The Morgan fingerprint density at radius 2 is 2.33 bits per heavy atom. The molecule has 0 unspecified atom stereocenters. The molecule has 0 fully saturated rings. The van der Waals surface area contributed by atoms with Crippen LogP contribution in [0.2, 0.25) is 5.15 Å². The van der Waals surface area contributed by atoms with Crippen molar-refractivity contribution < 1.29 is 0 Å². The summed E-state index contributed by atoms with van der Waals surface area (Å²) in [6.45, 7) is 2.97. The van der Waals surface area contributed by atoms with Crippen LogP contribution in [0.3, 0.4) is 0 Å². The summed E-state index contributed by atoms with van der Waals surface area (Å²) in [5, 5.41) is 4.15. The molecule has 1 aromatic heterocycles. The third-order valence-corrected chi connectivity index (χ3v) is 2.58. The molecule has 82 valence electrons. The van der Waals surface area contributed by atoms with Crippen LogP contribution in [0, 0.1) is 0 Å². The maximum atomic E-state index is 5.73. The fraction of sp³-hybridized carbons (Fsp3) is 0.400. The largest absolute Gasteiger partial charge is 0.365 e. The molecule has 0 aliphatic rings. The van der Waals surface area contributed by atoms with Crippen LogP contribution in [0.1, 0.15) is 13.3 Å². The minimum absolute atomic E-state index is 0.491. The maximum Gasteiger partial charge on any atom is 0.173 e. The number of halogens is 1. The summed E-state index contributed by atoms with van der Waals surface area (Å²) < 4.78 is 0. The molecule has 0 amide bonds. The molecule has 0 aromatic carbocycles. The zero-order valence-electron chi connectivity index (χ0n) is 8.83. The van der Waals surface area contributed by atoms with Gasteiger partial charge in [0.2, 0.25) is 0 Å². The van der Waals surface area contributed by atoms with E-state index < -0.39 is 0 Å². The van der Waals surface area contributed by atoms with Crippen LogP contribution in [-0.2, 0) is 0 Å². The highest BCUT2D eigenvalue weighted by atomic mass is 35.5. The van der Waals surface area contributed by atoms with Crippen molar-refractivity contribution in [3.05, 3.63) is 23.5 Å². The minimum Gasteiger partial charge on any atom is -0.365 e. The van der Waals surface area contributed by atoms with E-state index in [1.807, 2.05) is 18.0 Å². The van der Waals surface area contributed by atoms with Crippen molar-refractivity contribution in [2.75, 3.05) is 18.5 Å². The Balaban J connectivity index is 2.88. The molecule has 0 atom stereocenters. The van der Waals surface area contributed by atoms with Gasteiger partial charge in [-0.25, -0.2) is 4.98 Å². The highest BCUT2D eigenvalue weighted by Gasteiger charge is 2.09. The lowest BCUT2D eigenvalue weighted by molar-refractivity contribution is 0.888. The lowest BCUT2D eigenvalue weighted by Crippen LogP contribution is -2.38. The van der Waals surface area contributed by atoms with E-state index in [1.54, 1.807) is 12.3 Å². The molecule has 0 saturated heterocycles. The van der Waals surface area contributed by atoms with Gasteiger partial charge in [0.25, 0.3) is 0 Å². The third-order valence-electron chi connectivity index (χ3n) is 1.93. The van der Waals surface area contributed by atoms with E-state index in [-0.39, 0.29) is 0 Å². The molecule has 3 nitrogen and oxygen atoms in total. The normalized spacial score (nSPS) is 9.80. The van der Waals surface area contributed by atoms with Crippen molar-refractivity contribution in [1.29, 1.82) is 0 Å². The SMILES string of the molecule is CCCN(C(=S)NC)c1ccc(Cl)nc1. The molecule has 1 N–H and O–H groups in total. The molecule has 0 saturated carbocycles. The summed E-state index contributed by atoms with van der Waals surface area (Å²) in [5.74, 6) is 0. The molecule has 0 aliphatic heterocycles. The Bertz CT molecular complexity index is 326. The first kappa shape index (κ1) is 12.2. The van der Waals surface area contributed by atoms with Gasteiger partial charge in [0.15, 0.2) is 5.11 Å². The number of rotatable bonds is 3. The monoisotopic (exact) mass is 243 g/mol. The second-order valence-electron chi connectivity index (χ2n) is 3.05. The first-order valence-electron chi connectivity index (χ1n) is 4.79. The second-order valence-corrected chi connectivity index (χ2v) is 3.82. The second kappa shape index (κ2) is 5.88. The van der Waals surface area contributed by atoms with Crippen molar-refractivity contribution in [3.8, 4) is 0 Å². The summed E-state index contributed by atoms with van der Waals surface area (Å²) in [5.41, 5.74) is 0.959. The smallest absolute Gasteiger partial charge is 0.173 e. The van der Waals surface area contributed by atoms with Gasteiger partial charge in [-0.05, 0) is 30.8 Å². The number of nitrogens with zero attached hydrogens (tertiary/aromatic N) is 2. The third kappa shape index (κ3) is 3.32. The zero-order valence-corrected chi connectivity index (χ0v) is 10.4. The minimum atomic E-state index is 0.491. The van der Waals surface area contributed by atoms with Crippen LogP contribution in [0.15, 0.2) is 18.3 Å². The molecular formula is C10H14ClN3S. The molecular weight excluding hydrogens is 230 g/mol. The van der Waals surface area contributed by atoms with Crippen molar-refractivity contribution in [1.82, 2.24) is 10.3 Å². The highest BCUT2D eigenvalue weighted by Crippen LogP contribution is 2.15. The van der Waals surface area contributed by atoms with E-state index in [1.165, 1.54) is 0 Å². The van der Waals surface area contributed by atoms with E-state index in [9.17, 15) is 0 Å². The van der Waals surface area contributed by atoms with E-state index in [0.717, 1.165) is 18.7 Å². The number of hydrogen-bond acceptors (Lipinski definition) is 2. The van der Waals surface area contributed by atoms with Crippen LogP contribution < -0.4 is 10.2 Å². The average Bonchev–Trinajstić information content (AvgIpc) is 2.26. The first-order chi connectivity index (χ1) is 7.19. The number of hydrogen-bond donors (Lipinski definition) is 1. The zero-order chi connectivity index (χ0) is 11.3. The van der Waals surface area contributed by atoms with Gasteiger partial charge in [-0.2, -0.15) is 0 Å². The molecule has 0 aliphatic carbocycles. The van der Waals surface area contributed by atoms with Gasteiger partial charge in [-0.1, -0.05) is 18.5 Å². The van der Waals surface area contributed by atoms with E-state index in [0.29, 0.717) is 10.3 Å². The van der Waals surface area contributed by atoms with Gasteiger partial charge in [0.1, 0.15) is 5.15 Å². The summed E-state index contributed by atoms with van der Waals surface area (Å²) >= 11 is 10.9. The lowest BCUT2D eigenvalue weighted by Gasteiger charge is -2.23. The van der Waals surface area contributed by atoms with Crippen LogP contribution >= 0.6 is 23.8 Å². The molecule has 1 rings (SSSR count). The number of thiocarbonyl (C=S) groups is 1. The van der Waals surface area contributed by atoms with Crippen LogP contribution in [0.25, 0.3) is 0 Å². The Morgan fingerprint density at radius 1 is 1.60 bits per heavy atom. The number of anilines is 1. The standard InChI is InChI=1S/C10H14ClN3S/c1-3-6-14(10(15)12-2)8-4-5-9(11)13-7-8/h4-5,7H,3,6H2,1-2H3,(H,12,15). The molecule has 15 heavy (non-hydrogen) atoms. The predicted molar refractivity (Wildman–Crippen MR) is 68.5 cm³/mol. The summed E-state index contributed by atoms with van der Waals surface area (Å²) in [7, 11) is 1.81. The fourth-order valence-electron chi connectivity index (χ4n) is 1.23. The van der Waals surface area contributed by atoms with Gasteiger partial charge >= 0.3 is 0 Å². The molecule has 1 heterocycles. The quantitative estimate of drug-likeness (QED) is 0.652. The van der Waals surface area contributed by atoms with E-state index in [4.69, 9.17) is 23.8 Å². The van der Waals surface area contributed by atoms with Crippen molar-refractivity contribution in [3.63, 3.8) is 0 Å². The number of aromatic nitrogens is 1. The van der Waals surface area contributed by atoms with Crippen LogP contribution in [0.5, 0.6) is 0 Å². The molecule has 1 aromatic rings. The van der Waals surface area contributed by atoms with Gasteiger partial charge in [-0.3, -0.25) is 0 Å². The van der Waals surface area contributed by atoms with Gasteiger partial charge in [0, 0.05) is 13.6 Å². The average molecular weight is 244 g/mol. The van der Waals surface area contributed by atoms with E-state index in [2.05, 4.69) is 17.2 Å². The summed E-state index contributed by atoms with van der Waals surface area (Å²) in [4.78, 5) is 6.03. The highest BCUT2D eigenvalue weighted by molar-refractivity contribution is 7.80. The topological polar surface area (TPSA) is 28.2 Å². The van der Waals surface area contributed by atoms with Crippen molar-refractivity contribution >= 4 is 34.6 Å². The maximum absolute atomic E-state index is 5.73. The Morgan fingerprint density at radius 3 is 2.80 bits per heavy atom. The Labute approximate surface area is 100 Å². The Kier molecular flexibility index (Phi) is 4.78. The number of pyridine rings is 1. The van der Waals surface area contributed by atoms with Gasteiger partial charge in [0.05, 0.1) is 11.9 Å². The van der Waals surface area contributed by atoms with Crippen molar-refractivity contribution in [2.24, 2.45) is 0 Å². The van der Waals surface area contributed by atoms with Crippen LogP contribution in [-0.4, -0.2) is 23.7 Å². The molecule has 0 spiro atoms. The molecule has 0 bridgehead atoms. The Hall–Kier alpha value is -0.870. The summed E-state index contributed by atoms with van der Waals surface area (Å²) in [6.07, 6.45) is 2.74. The fourth-order valence-corrected chi connectivity index (χ4v) is 1.54. The number of nitrogens with one attached hydrogen (secondary N) is 1. The van der Waals surface area contributed by atoms with Gasteiger partial charge in [-0.15, -0.1) is 0 Å². The first-order valence-corrected chi connectivity index (χ1v) is 5.58.